The first-order valence-corrected chi connectivity index (χ1v) is 6.56. The Hall–Kier alpha value is -0.620. The van der Waals surface area contributed by atoms with Gasteiger partial charge in [0, 0.05) is 0 Å². The molecule has 1 aliphatic carbocycles. The molecule has 0 spiro atoms. The second kappa shape index (κ2) is 4.94. The number of methoxy groups -OCH3 is 1. The maximum Gasteiger partial charge on any atom is 0.308 e. The van der Waals surface area contributed by atoms with Crippen LogP contribution >= 0.6 is 0 Å². The Bertz CT molecular complexity index is 313. The molecule has 1 fully saturated rings. The van der Waals surface area contributed by atoms with Crippen LogP contribution in [0.2, 0.25) is 0 Å². The normalized spacial score (nSPS) is 27.3. The van der Waals surface area contributed by atoms with Crippen molar-refractivity contribution in [3.05, 3.63) is 0 Å². The predicted molar refractivity (Wildman–Crippen MR) is 53.9 cm³/mol. The average molecular weight is 236 g/mol. The highest BCUT2D eigenvalue weighted by molar-refractivity contribution is 7.85. The number of esters is 1. The first-order chi connectivity index (χ1) is 6.92. The van der Waals surface area contributed by atoms with Crippen molar-refractivity contribution < 1.29 is 22.5 Å². The van der Waals surface area contributed by atoms with E-state index in [9.17, 15) is 13.2 Å². The van der Waals surface area contributed by atoms with E-state index in [1.54, 1.807) is 0 Å². The monoisotopic (exact) mass is 236 g/mol. The van der Waals surface area contributed by atoms with Gasteiger partial charge in [0.15, 0.2) is 0 Å². The van der Waals surface area contributed by atoms with Crippen LogP contribution in [0.15, 0.2) is 0 Å². The Morgan fingerprint density at radius 1 is 1.33 bits per heavy atom. The molecule has 0 saturated heterocycles. The topological polar surface area (TPSA) is 80.7 Å². The maximum absolute atomic E-state index is 11.2. The van der Waals surface area contributed by atoms with Crippen molar-refractivity contribution in [3.63, 3.8) is 0 Å². The average Bonchev–Trinajstić information content (AvgIpc) is 2.15. The number of hydrogen-bond acceptors (Lipinski definition) is 4. The number of rotatable bonds is 3. The zero-order valence-electron chi connectivity index (χ0n) is 8.68. The quantitative estimate of drug-likeness (QED) is 0.580. The van der Waals surface area contributed by atoms with E-state index in [2.05, 4.69) is 4.74 Å². The van der Waals surface area contributed by atoms with Gasteiger partial charge in [-0.15, -0.1) is 0 Å². The molecule has 0 aromatic heterocycles. The minimum atomic E-state index is -3.88. The van der Waals surface area contributed by atoms with Gasteiger partial charge in [0.05, 0.1) is 18.8 Å². The highest BCUT2D eigenvalue weighted by Crippen LogP contribution is 2.30. The lowest BCUT2D eigenvalue weighted by molar-refractivity contribution is -0.146. The van der Waals surface area contributed by atoms with Crippen molar-refractivity contribution in [2.75, 3.05) is 12.9 Å². The van der Waals surface area contributed by atoms with E-state index in [0.29, 0.717) is 25.7 Å². The van der Waals surface area contributed by atoms with Crippen LogP contribution in [0.25, 0.3) is 0 Å². The van der Waals surface area contributed by atoms with Gasteiger partial charge >= 0.3 is 5.97 Å². The Labute approximate surface area is 89.6 Å². The highest BCUT2D eigenvalue weighted by Gasteiger charge is 2.28. The van der Waals surface area contributed by atoms with E-state index >= 15 is 0 Å². The molecule has 1 N–H and O–H groups in total. The Morgan fingerprint density at radius 2 is 1.87 bits per heavy atom. The van der Waals surface area contributed by atoms with Crippen LogP contribution in [0.5, 0.6) is 0 Å². The first-order valence-electron chi connectivity index (χ1n) is 4.95. The predicted octanol–water partition coefficient (Wildman–Crippen LogP) is 0.854. The van der Waals surface area contributed by atoms with Gasteiger partial charge < -0.3 is 4.74 Å². The molecule has 0 amide bonds. The number of carbonyl (C=O) groups excluding carboxylic acids is 1. The van der Waals surface area contributed by atoms with Crippen LogP contribution in [-0.2, 0) is 19.6 Å². The van der Waals surface area contributed by atoms with Crippen LogP contribution in [-0.4, -0.2) is 31.8 Å². The van der Waals surface area contributed by atoms with Crippen LogP contribution in [0.3, 0.4) is 0 Å². The summed E-state index contributed by atoms with van der Waals surface area (Å²) >= 11 is 0. The van der Waals surface area contributed by atoms with E-state index in [0.717, 1.165) is 0 Å². The molecule has 0 aromatic carbocycles. The van der Waals surface area contributed by atoms with Gasteiger partial charge in [0.25, 0.3) is 10.1 Å². The van der Waals surface area contributed by atoms with Crippen molar-refractivity contribution in [2.45, 2.75) is 25.7 Å². The minimum absolute atomic E-state index is 0.0269. The summed E-state index contributed by atoms with van der Waals surface area (Å²) < 4.78 is 34.6. The molecule has 0 bridgehead atoms. The molecule has 1 aliphatic rings. The standard InChI is InChI=1S/C9H16O5S/c1-14-9(10)8-4-2-7(3-5-8)6-15(11,12)13/h7-8H,2-6H2,1H3,(H,11,12,13)/t7-,8-. The molecule has 0 aromatic rings. The summed E-state index contributed by atoms with van der Waals surface area (Å²) in [7, 11) is -2.53. The zero-order valence-corrected chi connectivity index (χ0v) is 9.50. The van der Waals surface area contributed by atoms with Crippen LogP contribution in [0, 0.1) is 11.8 Å². The van der Waals surface area contributed by atoms with Gasteiger partial charge in [0.1, 0.15) is 0 Å². The summed E-state index contributed by atoms with van der Waals surface area (Å²) in [5.41, 5.74) is 0. The molecule has 1 rings (SSSR count). The molecule has 0 radical (unpaired) electrons. The minimum Gasteiger partial charge on any atom is -0.469 e. The van der Waals surface area contributed by atoms with Gasteiger partial charge in [-0.1, -0.05) is 0 Å². The smallest absolute Gasteiger partial charge is 0.308 e. The fourth-order valence-electron chi connectivity index (χ4n) is 2.03. The van der Waals surface area contributed by atoms with Crippen molar-refractivity contribution in [2.24, 2.45) is 11.8 Å². The summed E-state index contributed by atoms with van der Waals surface area (Å²) in [6, 6.07) is 0. The molecule has 0 heterocycles. The summed E-state index contributed by atoms with van der Waals surface area (Å²) in [4.78, 5) is 11.2. The largest absolute Gasteiger partial charge is 0.469 e. The number of hydrogen-bond donors (Lipinski definition) is 1. The lowest BCUT2D eigenvalue weighted by Gasteiger charge is -2.25. The SMILES string of the molecule is COC(=O)[C@H]1CC[C@H](CS(=O)(=O)O)CC1. The van der Waals surface area contributed by atoms with E-state index in [-0.39, 0.29) is 23.6 Å². The zero-order chi connectivity index (χ0) is 11.5. The molecule has 1 saturated carbocycles. The molecular formula is C9H16O5S. The van der Waals surface area contributed by atoms with Crippen LogP contribution in [0.4, 0.5) is 0 Å². The first kappa shape index (κ1) is 12.4. The van der Waals surface area contributed by atoms with Crippen molar-refractivity contribution >= 4 is 16.1 Å². The van der Waals surface area contributed by atoms with Gasteiger partial charge in [-0.3, -0.25) is 9.35 Å². The molecule has 0 unspecified atom stereocenters. The van der Waals surface area contributed by atoms with Gasteiger partial charge in [-0.05, 0) is 31.6 Å². The van der Waals surface area contributed by atoms with Crippen LogP contribution < -0.4 is 0 Å². The Morgan fingerprint density at radius 3 is 2.27 bits per heavy atom. The Balaban J connectivity index is 2.39. The van der Waals surface area contributed by atoms with Gasteiger partial charge in [0.2, 0.25) is 0 Å². The molecule has 88 valence electrons. The lowest BCUT2D eigenvalue weighted by Crippen LogP contribution is -2.26. The fraction of sp³-hybridized carbons (Fsp3) is 0.889. The molecule has 15 heavy (non-hydrogen) atoms. The van der Waals surface area contributed by atoms with Gasteiger partial charge in [-0.25, -0.2) is 0 Å². The third-order valence-corrected chi connectivity index (χ3v) is 3.72. The number of carbonyl (C=O) groups is 1. The molecule has 0 atom stereocenters. The number of ether oxygens (including phenoxy) is 1. The second-order valence-electron chi connectivity index (χ2n) is 3.99. The van der Waals surface area contributed by atoms with Crippen LogP contribution in [0.1, 0.15) is 25.7 Å². The fourth-order valence-corrected chi connectivity index (χ4v) is 2.96. The molecule has 6 heteroatoms. The van der Waals surface area contributed by atoms with Crippen molar-refractivity contribution in [3.8, 4) is 0 Å². The third-order valence-electron chi connectivity index (χ3n) is 2.83. The van der Waals surface area contributed by atoms with E-state index < -0.39 is 10.1 Å². The Kier molecular flexibility index (Phi) is 4.10. The summed E-state index contributed by atoms with van der Waals surface area (Å²) in [5, 5.41) is 0. The second-order valence-corrected chi connectivity index (χ2v) is 5.49. The lowest BCUT2D eigenvalue weighted by atomic mass is 9.83. The summed E-state index contributed by atoms with van der Waals surface area (Å²) in [6.45, 7) is 0. The van der Waals surface area contributed by atoms with E-state index in [1.165, 1.54) is 7.11 Å². The van der Waals surface area contributed by atoms with Crippen molar-refractivity contribution in [1.29, 1.82) is 0 Å². The summed E-state index contributed by atoms with van der Waals surface area (Å²) in [6.07, 6.45) is 2.60. The maximum atomic E-state index is 11.2. The van der Waals surface area contributed by atoms with Crippen molar-refractivity contribution in [1.82, 2.24) is 0 Å². The van der Waals surface area contributed by atoms with E-state index in [1.807, 2.05) is 0 Å². The molecule has 5 nitrogen and oxygen atoms in total. The summed E-state index contributed by atoms with van der Waals surface area (Å²) in [5.74, 6) is -0.546. The third kappa shape index (κ3) is 4.17. The highest BCUT2D eigenvalue weighted by atomic mass is 32.2. The molecule has 0 aliphatic heterocycles. The van der Waals surface area contributed by atoms with E-state index in [4.69, 9.17) is 4.55 Å². The molecular weight excluding hydrogens is 220 g/mol. The van der Waals surface area contributed by atoms with Gasteiger partial charge in [-0.2, -0.15) is 8.42 Å².